The predicted molar refractivity (Wildman–Crippen MR) is 88.6 cm³/mol. The Morgan fingerprint density at radius 2 is 2.05 bits per heavy atom. The normalized spacial score (nSPS) is 20.5. The fourth-order valence-corrected chi connectivity index (χ4v) is 2.72. The van der Waals surface area contributed by atoms with E-state index in [1.54, 1.807) is 0 Å². The standard InChI is InChI=1S/C16H29N5/c1-11-13(17)19-15(16(2,3)4)20-14(11)18-9-12-7-6-8-21(5)10-12/h12H,6-10H2,1-5H3,(H3,17,18,19,20). The molecule has 0 amide bonds. The Labute approximate surface area is 128 Å². The van der Waals surface area contributed by atoms with Crippen LogP contribution in [0.4, 0.5) is 11.6 Å². The van der Waals surface area contributed by atoms with Gasteiger partial charge in [-0.05, 0) is 39.3 Å². The summed E-state index contributed by atoms with van der Waals surface area (Å²) in [4.78, 5) is 11.5. The molecule has 2 rings (SSSR count). The third kappa shape index (κ3) is 4.06. The number of nitrogens with two attached hydrogens (primary N) is 1. The van der Waals surface area contributed by atoms with Gasteiger partial charge in [-0.1, -0.05) is 20.8 Å². The summed E-state index contributed by atoms with van der Waals surface area (Å²) in [6.07, 6.45) is 2.56. The van der Waals surface area contributed by atoms with Crippen LogP contribution < -0.4 is 11.1 Å². The molecule has 1 aromatic heterocycles. The molecule has 0 bridgehead atoms. The Bertz CT molecular complexity index is 492. The van der Waals surface area contributed by atoms with Gasteiger partial charge in [0.25, 0.3) is 0 Å². The lowest BCUT2D eigenvalue weighted by molar-refractivity contribution is 0.217. The molecule has 1 aliphatic rings. The van der Waals surface area contributed by atoms with Gasteiger partial charge in [-0.3, -0.25) is 0 Å². The van der Waals surface area contributed by atoms with Gasteiger partial charge >= 0.3 is 0 Å². The lowest BCUT2D eigenvalue weighted by atomic mass is 9.95. The van der Waals surface area contributed by atoms with Crippen LogP contribution >= 0.6 is 0 Å². The fraction of sp³-hybridized carbons (Fsp3) is 0.750. The predicted octanol–water partition coefficient (Wildman–Crippen LogP) is 2.42. The number of rotatable bonds is 3. The van der Waals surface area contributed by atoms with Gasteiger partial charge in [-0.2, -0.15) is 0 Å². The summed E-state index contributed by atoms with van der Waals surface area (Å²) in [5, 5.41) is 3.50. The molecule has 1 aliphatic heterocycles. The molecule has 1 atom stereocenters. The summed E-state index contributed by atoms with van der Waals surface area (Å²) in [5.74, 6) is 2.95. The lowest BCUT2D eigenvalue weighted by Crippen LogP contribution is -2.35. The molecule has 1 fully saturated rings. The number of anilines is 2. The number of nitrogens with one attached hydrogen (secondary N) is 1. The van der Waals surface area contributed by atoms with E-state index >= 15 is 0 Å². The van der Waals surface area contributed by atoms with Crippen molar-refractivity contribution in [3.05, 3.63) is 11.4 Å². The van der Waals surface area contributed by atoms with Crippen LogP contribution in [0, 0.1) is 12.8 Å². The second-order valence-corrected chi connectivity index (χ2v) is 7.31. The van der Waals surface area contributed by atoms with E-state index in [1.807, 2.05) is 6.92 Å². The minimum Gasteiger partial charge on any atom is -0.383 e. The molecule has 0 radical (unpaired) electrons. The van der Waals surface area contributed by atoms with Gasteiger partial charge in [-0.15, -0.1) is 0 Å². The average molecular weight is 291 g/mol. The van der Waals surface area contributed by atoms with E-state index in [2.05, 4.69) is 43.0 Å². The molecule has 2 heterocycles. The molecule has 5 nitrogen and oxygen atoms in total. The van der Waals surface area contributed by atoms with E-state index in [4.69, 9.17) is 10.7 Å². The van der Waals surface area contributed by atoms with Crippen LogP contribution in [-0.2, 0) is 5.41 Å². The molecule has 21 heavy (non-hydrogen) atoms. The fourth-order valence-electron chi connectivity index (χ4n) is 2.72. The van der Waals surface area contributed by atoms with Crippen molar-refractivity contribution in [3.63, 3.8) is 0 Å². The first kappa shape index (κ1) is 16.0. The number of hydrogen-bond acceptors (Lipinski definition) is 5. The van der Waals surface area contributed by atoms with Gasteiger partial charge in [-0.25, -0.2) is 9.97 Å². The first-order valence-corrected chi connectivity index (χ1v) is 7.84. The van der Waals surface area contributed by atoms with Gasteiger partial charge in [0.05, 0.1) is 0 Å². The molecule has 0 aliphatic carbocycles. The number of nitrogens with zero attached hydrogens (tertiary/aromatic N) is 3. The van der Waals surface area contributed by atoms with Crippen molar-refractivity contribution in [2.24, 2.45) is 5.92 Å². The smallest absolute Gasteiger partial charge is 0.138 e. The monoisotopic (exact) mass is 291 g/mol. The maximum Gasteiger partial charge on any atom is 0.138 e. The van der Waals surface area contributed by atoms with E-state index in [-0.39, 0.29) is 5.41 Å². The van der Waals surface area contributed by atoms with E-state index in [0.29, 0.717) is 11.7 Å². The molecule has 0 saturated carbocycles. The maximum absolute atomic E-state index is 6.05. The summed E-state index contributed by atoms with van der Waals surface area (Å²) in [7, 11) is 2.19. The zero-order valence-corrected chi connectivity index (χ0v) is 14.0. The average Bonchev–Trinajstić information content (AvgIpc) is 2.39. The van der Waals surface area contributed by atoms with Crippen LogP contribution in [0.3, 0.4) is 0 Å². The molecule has 5 heteroatoms. The lowest BCUT2D eigenvalue weighted by Gasteiger charge is -2.30. The van der Waals surface area contributed by atoms with Crippen LogP contribution in [0.15, 0.2) is 0 Å². The van der Waals surface area contributed by atoms with Crippen LogP contribution in [-0.4, -0.2) is 41.5 Å². The summed E-state index contributed by atoms with van der Waals surface area (Å²) in [5.41, 5.74) is 6.91. The van der Waals surface area contributed by atoms with E-state index in [1.165, 1.54) is 19.4 Å². The molecule has 1 aromatic rings. The second kappa shape index (κ2) is 6.18. The molecule has 1 saturated heterocycles. The number of likely N-dealkylation sites (tertiary alicyclic amines) is 1. The number of hydrogen-bond donors (Lipinski definition) is 2. The Morgan fingerprint density at radius 3 is 2.67 bits per heavy atom. The number of nitrogen functional groups attached to an aromatic ring is 1. The van der Waals surface area contributed by atoms with Crippen LogP contribution in [0.25, 0.3) is 0 Å². The van der Waals surface area contributed by atoms with Crippen molar-refractivity contribution < 1.29 is 0 Å². The zero-order chi connectivity index (χ0) is 15.6. The topological polar surface area (TPSA) is 67.1 Å². The molecule has 0 spiro atoms. The first-order chi connectivity index (χ1) is 9.77. The van der Waals surface area contributed by atoms with Gasteiger partial charge in [0, 0.05) is 24.1 Å². The Morgan fingerprint density at radius 1 is 1.33 bits per heavy atom. The molecule has 118 valence electrons. The first-order valence-electron chi connectivity index (χ1n) is 7.84. The molecular formula is C16H29N5. The van der Waals surface area contributed by atoms with Gasteiger partial charge in [0.1, 0.15) is 17.5 Å². The van der Waals surface area contributed by atoms with Crippen LogP contribution in [0.2, 0.25) is 0 Å². The van der Waals surface area contributed by atoms with Gasteiger partial charge in [0.2, 0.25) is 0 Å². The van der Waals surface area contributed by atoms with E-state index < -0.39 is 0 Å². The number of aromatic nitrogens is 2. The number of piperidine rings is 1. The third-order valence-electron chi connectivity index (χ3n) is 4.13. The van der Waals surface area contributed by atoms with E-state index in [0.717, 1.165) is 30.3 Å². The van der Waals surface area contributed by atoms with Crippen molar-refractivity contribution in [1.29, 1.82) is 0 Å². The highest BCUT2D eigenvalue weighted by Crippen LogP contribution is 2.25. The molecule has 0 aromatic carbocycles. The summed E-state index contributed by atoms with van der Waals surface area (Å²) in [6, 6.07) is 0. The third-order valence-corrected chi connectivity index (χ3v) is 4.13. The molecule has 3 N–H and O–H groups in total. The van der Waals surface area contributed by atoms with Crippen LogP contribution in [0.5, 0.6) is 0 Å². The second-order valence-electron chi connectivity index (χ2n) is 7.31. The Kier molecular flexibility index (Phi) is 4.71. The van der Waals surface area contributed by atoms with Crippen molar-refractivity contribution >= 4 is 11.6 Å². The Hall–Kier alpha value is -1.36. The summed E-state index contributed by atoms with van der Waals surface area (Å²) < 4.78 is 0. The largest absolute Gasteiger partial charge is 0.383 e. The minimum absolute atomic E-state index is 0.0939. The highest BCUT2D eigenvalue weighted by molar-refractivity contribution is 5.55. The molecule has 1 unspecified atom stereocenters. The maximum atomic E-state index is 6.05. The van der Waals surface area contributed by atoms with Crippen molar-refractivity contribution in [2.75, 3.05) is 37.7 Å². The Balaban J connectivity index is 2.10. The van der Waals surface area contributed by atoms with Crippen molar-refractivity contribution in [3.8, 4) is 0 Å². The summed E-state index contributed by atoms with van der Waals surface area (Å²) >= 11 is 0. The van der Waals surface area contributed by atoms with Gasteiger partial charge in [0.15, 0.2) is 0 Å². The summed E-state index contributed by atoms with van der Waals surface area (Å²) in [6.45, 7) is 11.6. The van der Waals surface area contributed by atoms with Crippen LogP contribution in [0.1, 0.15) is 45.0 Å². The van der Waals surface area contributed by atoms with E-state index in [9.17, 15) is 0 Å². The minimum atomic E-state index is -0.0939. The molecular weight excluding hydrogens is 262 g/mol. The SMILES string of the molecule is Cc1c(N)nc(C(C)(C)C)nc1NCC1CCCN(C)C1. The quantitative estimate of drug-likeness (QED) is 0.895. The zero-order valence-electron chi connectivity index (χ0n) is 14.0. The highest BCUT2D eigenvalue weighted by Gasteiger charge is 2.21. The van der Waals surface area contributed by atoms with Crippen molar-refractivity contribution in [2.45, 2.75) is 46.0 Å². The highest BCUT2D eigenvalue weighted by atomic mass is 15.1. The van der Waals surface area contributed by atoms with Crippen molar-refractivity contribution in [1.82, 2.24) is 14.9 Å². The van der Waals surface area contributed by atoms with Gasteiger partial charge < -0.3 is 16.0 Å².